The van der Waals surface area contributed by atoms with Crippen molar-refractivity contribution in [1.82, 2.24) is 0 Å². The van der Waals surface area contributed by atoms with Crippen molar-refractivity contribution in [3.63, 3.8) is 0 Å². The number of hydrogen-bond acceptors (Lipinski definition) is 3. The molecule has 0 amide bonds. The molecule has 0 aliphatic heterocycles. The van der Waals surface area contributed by atoms with Gasteiger partial charge in [0.25, 0.3) is 0 Å². The SMILES string of the molecule is CCOP(=O)(O)O.O=[P+](O)O.[H-].[Na+]. The van der Waals surface area contributed by atoms with Crippen molar-refractivity contribution in [2.75, 3.05) is 6.61 Å². The van der Waals surface area contributed by atoms with Crippen LogP contribution in [0.15, 0.2) is 0 Å². The van der Waals surface area contributed by atoms with E-state index in [0.717, 1.165) is 0 Å². The Kier molecular flexibility index (Phi) is 16.0. The molecule has 0 rings (SSSR count). The molecular weight excluding hydrogens is 221 g/mol. The van der Waals surface area contributed by atoms with Gasteiger partial charge in [0.2, 0.25) is 0 Å². The molecule has 0 saturated carbocycles. The van der Waals surface area contributed by atoms with Gasteiger partial charge in [0.05, 0.1) is 6.61 Å². The summed E-state index contributed by atoms with van der Waals surface area (Å²) in [6, 6.07) is 0. The maximum atomic E-state index is 9.70. The zero-order chi connectivity index (χ0) is 9.49. The maximum Gasteiger partial charge on any atom is 1.00 e. The van der Waals surface area contributed by atoms with Gasteiger partial charge in [-0.25, -0.2) is 4.57 Å². The molecule has 12 heavy (non-hydrogen) atoms. The van der Waals surface area contributed by atoms with Crippen molar-refractivity contribution in [2.24, 2.45) is 0 Å². The summed E-state index contributed by atoms with van der Waals surface area (Å²) in [7, 11) is -7.04. The first-order valence-corrected chi connectivity index (χ1v) is 5.04. The van der Waals surface area contributed by atoms with Crippen LogP contribution >= 0.6 is 16.1 Å². The van der Waals surface area contributed by atoms with E-state index < -0.39 is 16.1 Å². The summed E-state index contributed by atoms with van der Waals surface area (Å²) in [6.45, 7) is 1.56. The van der Waals surface area contributed by atoms with Crippen molar-refractivity contribution >= 4 is 16.1 Å². The van der Waals surface area contributed by atoms with Crippen LogP contribution < -0.4 is 29.6 Å². The van der Waals surface area contributed by atoms with Crippen LogP contribution in [0.4, 0.5) is 0 Å². The fourth-order valence-corrected chi connectivity index (χ4v) is 0.505. The van der Waals surface area contributed by atoms with Crippen LogP contribution in [0.3, 0.4) is 0 Å². The number of phosphoric ester groups is 1. The summed E-state index contributed by atoms with van der Waals surface area (Å²) < 4.78 is 22.3. The minimum atomic E-state index is -4.17. The van der Waals surface area contributed by atoms with E-state index in [1.54, 1.807) is 0 Å². The molecule has 0 atom stereocenters. The summed E-state index contributed by atoms with van der Waals surface area (Å²) in [4.78, 5) is 30.1. The summed E-state index contributed by atoms with van der Waals surface area (Å²) >= 11 is 0. The van der Waals surface area contributed by atoms with Gasteiger partial charge in [0.1, 0.15) is 0 Å². The van der Waals surface area contributed by atoms with Crippen molar-refractivity contribution in [2.45, 2.75) is 6.92 Å². The molecule has 0 aliphatic rings. The number of phosphoric acid groups is 1. The summed E-state index contributed by atoms with van der Waals surface area (Å²) in [5.74, 6) is 0. The van der Waals surface area contributed by atoms with E-state index in [9.17, 15) is 4.57 Å². The third-order valence-electron chi connectivity index (χ3n) is 0.297. The average molecular weight is 231 g/mol. The summed E-state index contributed by atoms with van der Waals surface area (Å²) in [6.07, 6.45) is 0. The molecule has 0 aromatic rings. The second kappa shape index (κ2) is 10.2. The normalized spacial score (nSPS) is 9.08. The number of hydrogen-bond donors (Lipinski definition) is 4. The third-order valence-corrected chi connectivity index (χ3v) is 0.892. The monoisotopic (exact) mass is 231 g/mol. The largest absolute Gasteiger partial charge is 1.00 e. The minimum Gasteiger partial charge on any atom is -1.00 e. The molecule has 0 heterocycles. The Morgan fingerprint density at radius 2 is 1.75 bits per heavy atom. The Balaban J connectivity index is -0.0000000600. The van der Waals surface area contributed by atoms with Crippen LogP contribution in [-0.2, 0) is 13.7 Å². The first-order valence-electron chi connectivity index (χ1n) is 2.34. The van der Waals surface area contributed by atoms with E-state index >= 15 is 0 Å². The van der Waals surface area contributed by atoms with Crippen molar-refractivity contribution in [3.05, 3.63) is 0 Å². The van der Waals surface area contributed by atoms with Gasteiger partial charge in [-0.3, -0.25) is 4.52 Å². The molecule has 4 N–H and O–H groups in total. The molecule has 7 nitrogen and oxygen atoms in total. The van der Waals surface area contributed by atoms with E-state index in [1.807, 2.05) is 0 Å². The first kappa shape index (κ1) is 18.8. The molecule has 0 saturated heterocycles. The van der Waals surface area contributed by atoms with Gasteiger partial charge in [0.15, 0.2) is 0 Å². The van der Waals surface area contributed by atoms with Gasteiger partial charge in [-0.1, -0.05) is 0 Å². The van der Waals surface area contributed by atoms with Crippen LogP contribution in [0.2, 0.25) is 0 Å². The van der Waals surface area contributed by atoms with Crippen molar-refractivity contribution in [3.8, 4) is 0 Å². The summed E-state index contributed by atoms with van der Waals surface area (Å²) in [5, 5.41) is 0. The van der Waals surface area contributed by atoms with Gasteiger partial charge in [-0.2, -0.15) is 0 Å². The van der Waals surface area contributed by atoms with Crippen LogP contribution in [0.25, 0.3) is 0 Å². The van der Waals surface area contributed by atoms with E-state index in [-0.39, 0.29) is 37.6 Å². The average Bonchev–Trinajstić information content (AvgIpc) is 1.58. The van der Waals surface area contributed by atoms with E-state index in [4.69, 9.17) is 24.1 Å². The maximum absolute atomic E-state index is 9.70. The Morgan fingerprint density at radius 1 is 1.50 bits per heavy atom. The Bertz CT molecular complexity index is 155. The van der Waals surface area contributed by atoms with Gasteiger partial charge in [-0.05, 0) is 6.92 Å². The predicted octanol–water partition coefficient (Wildman–Crippen LogP) is -3.14. The van der Waals surface area contributed by atoms with Crippen LogP contribution in [0, 0.1) is 0 Å². The molecule has 10 heteroatoms. The van der Waals surface area contributed by atoms with Gasteiger partial charge < -0.3 is 11.2 Å². The van der Waals surface area contributed by atoms with Crippen molar-refractivity contribution in [1.29, 1.82) is 0 Å². The smallest absolute Gasteiger partial charge is 1.00 e. The van der Waals surface area contributed by atoms with Crippen LogP contribution in [0.1, 0.15) is 8.35 Å². The van der Waals surface area contributed by atoms with Gasteiger partial charge in [-0.15, -0.1) is 9.79 Å². The molecule has 0 spiro atoms. The minimum absolute atomic E-state index is 0. The molecule has 0 unspecified atom stereocenters. The Labute approximate surface area is 93.7 Å². The second-order valence-electron chi connectivity index (χ2n) is 1.16. The van der Waals surface area contributed by atoms with Crippen LogP contribution in [0.5, 0.6) is 0 Å². The fraction of sp³-hybridized carbons (Fsp3) is 1.00. The molecule has 0 aliphatic carbocycles. The zero-order valence-electron chi connectivity index (χ0n) is 7.62. The van der Waals surface area contributed by atoms with Crippen molar-refractivity contribution < 1.29 is 64.2 Å². The van der Waals surface area contributed by atoms with E-state index in [2.05, 4.69) is 4.52 Å². The first-order chi connectivity index (χ1) is 4.79. The molecule has 0 aromatic carbocycles. The number of rotatable bonds is 2. The Morgan fingerprint density at radius 3 is 1.75 bits per heavy atom. The zero-order valence-corrected chi connectivity index (χ0v) is 10.4. The molecule has 70 valence electrons. The quantitative estimate of drug-likeness (QED) is 0.292. The topological polar surface area (TPSA) is 124 Å². The summed E-state index contributed by atoms with van der Waals surface area (Å²) in [5.41, 5.74) is 0. The fourth-order valence-electron chi connectivity index (χ4n) is 0.168. The van der Waals surface area contributed by atoms with Gasteiger partial charge in [0, 0.05) is 4.57 Å². The molecular formula is C2H10NaO7P2+. The molecule has 0 radical (unpaired) electrons. The third kappa shape index (κ3) is 43.4. The standard InChI is InChI=1S/C2H7O4P.Na.HO3P.H/c1-2-6-7(3,4)5;;1-4(2)3;/h2H2,1H3,(H2,3,4,5);;(H-,1,2,3);/q;+1;;-1/p+1. The molecule has 0 bridgehead atoms. The van der Waals surface area contributed by atoms with E-state index in [1.165, 1.54) is 6.92 Å². The molecule has 0 aromatic heterocycles. The van der Waals surface area contributed by atoms with E-state index in [0.29, 0.717) is 0 Å². The predicted molar refractivity (Wildman–Crippen MR) is 36.8 cm³/mol. The molecule has 0 fully saturated rings. The Hall–Kier alpha value is 1.13. The van der Waals surface area contributed by atoms with Gasteiger partial charge >= 0.3 is 45.6 Å². The van der Waals surface area contributed by atoms with Crippen LogP contribution in [-0.4, -0.2) is 26.2 Å². The second-order valence-corrected chi connectivity index (χ2v) is 2.91.